The smallest absolute Gasteiger partial charge is 0.249 e. The molecule has 6 heteroatoms. The Morgan fingerprint density at radius 2 is 0.568 bits per heavy atom. The molecule has 0 aliphatic heterocycles. The number of aliphatic hydroxyl groups excluding tert-OH is 4. The van der Waals surface area contributed by atoms with E-state index in [2.05, 4.69) is 43.5 Å². The molecule has 1 amide bonds. The first-order chi connectivity index (χ1) is 36.5. The Kier molecular flexibility index (Phi) is 61.6. The summed E-state index contributed by atoms with van der Waals surface area (Å²) in [5.41, 5.74) is 0. The molecule has 6 nitrogen and oxygen atoms in total. The van der Waals surface area contributed by atoms with E-state index in [1.807, 2.05) is 0 Å². The van der Waals surface area contributed by atoms with Crippen LogP contribution < -0.4 is 5.32 Å². The van der Waals surface area contributed by atoms with E-state index < -0.39 is 36.9 Å². The van der Waals surface area contributed by atoms with Gasteiger partial charge in [-0.25, -0.2) is 0 Å². The largest absolute Gasteiger partial charge is 0.394 e. The van der Waals surface area contributed by atoms with E-state index >= 15 is 0 Å². The summed E-state index contributed by atoms with van der Waals surface area (Å²) in [5, 5.41) is 44.1. The van der Waals surface area contributed by atoms with Crippen LogP contribution in [0.25, 0.3) is 0 Å². The quantitative estimate of drug-likeness (QED) is 0.0308. The van der Waals surface area contributed by atoms with Crippen molar-refractivity contribution < 1.29 is 25.2 Å². The molecule has 5 N–H and O–H groups in total. The fourth-order valence-corrected chi connectivity index (χ4v) is 10.9. The van der Waals surface area contributed by atoms with Gasteiger partial charge in [-0.3, -0.25) is 4.79 Å². The Balaban J connectivity index is 3.54. The minimum atomic E-state index is -1.29. The lowest BCUT2D eigenvalue weighted by atomic mass is 10.00. The van der Waals surface area contributed by atoms with Crippen molar-refractivity contribution in [2.75, 3.05) is 6.61 Å². The van der Waals surface area contributed by atoms with Gasteiger partial charge in [0.1, 0.15) is 12.2 Å². The van der Waals surface area contributed by atoms with Crippen LogP contribution in [0.2, 0.25) is 0 Å². The number of allylic oxidation sites excluding steroid dienone is 4. The van der Waals surface area contributed by atoms with Gasteiger partial charge in [0, 0.05) is 0 Å². The normalized spacial score (nSPS) is 13.6. The fraction of sp³-hybridized carbons (Fsp3) is 0.926. The number of unbranched alkanes of at least 4 members (excludes halogenated alkanes) is 50. The minimum Gasteiger partial charge on any atom is -0.394 e. The first kappa shape index (κ1) is 72.8. The van der Waals surface area contributed by atoms with Gasteiger partial charge in [-0.2, -0.15) is 0 Å². The topological polar surface area (TPSA) is 110 Å². The third kappa shape index (κ3) is 55.5. The molecule has 0 spiro atoms. The van der Waals surface area contributed by atoms with Gasteiger partial charge in [0.25, 0.3) is 0 Å². The SMILES string of the molecule is CCCCCCCCCCCCCCC/C=C/CC/C=C/CCCC(O)C(O)C(CO)NC(=O)C(O)CCCCCCCCCCCCCCCCCCCCCCCCCCCCCCCCCCCCCC. The summed E-state index contributed by atoms with van der Waals surface area (Å²) in [6, 6.07) is -1.01. The molecule has 0 rings (SSSR count). The zero-order chi connectivity index (χ0) is 53.7. The van der Waals surface area contributed by atoms with Gasteiger partial charge in [0.15, 0.2) is 0 Å². The Morgan fingerprint density at radius 1 is 0.324 bits per heavy atom. The van der Waals surface area contributed by atoms with Crippen LogP contribution in [0.5, 0.6) is 0 Å². The van der Waals surface area contributed by atoms with Crippen molar-refractivity contribution in [2.24, 2.45) is 0 Å². The zero-order valence-electron chi connectivity index (χ0n) is 50.1. The predicted octanol–water partition coefficient (Wildman–Crippen LogP) is 20.5. The summed E-state index contributed by atoms with van der Waals surface area (Å²) in [7, 11) is 0. The fourth-order valence-electron chi connectivity index (χ4n) is 10.9. The van der Waals surface area contributed by atoms with Gasteiger partial charge in [-0.1, -0.05) is 346 Å². The molecule has 0 fully saturated rings. The standard InChI is InChI=1S/C68H133NO5/c1-3-5-7-9-11-13-15-17-19-21-23-25-27-28-29-30-31-32-33-34-35-36-37-38-39-40-42-44-46-48-50-52-54-56-58-60-62-66(72)68(74)69-64(63-70)67(73)65(71)61-59-57-55-53-51-49-47-45-43-41-26-24-22-20-18-16-14-12-10-8-6-4-2/h45,47,53,55,64-67,70-73H,3-44,46,48-52,54,56-63H2,1-2H3,(H,69,74)/b47-45+,55-53+. The molecular weight excluding hydrogens is 911 g/mol. The van der Waals surface area contributed by atoms with Crippen LogP contribution in [-0.2, 0) is 4.79 Å². The molecule has 0 aliphatic carbocycles. The van der Waals surface area contributed by atoms with Gasteiger partial charge in [-0.05, 0) is 51.4 Å². The molecule has 0 bridgehead atoms. The second kappa shape index (κ2) is 62.6. The highest BCUT2D eigenvalue weighted by Crippen LogP contribution is 2.19. The average molecular weight is 1040 g/mol. The summed E-state index contributed by atoms with van der Waals surface area (Å²) in [5.74, 6) is -0.590. The number of rotatable bonds is 63. The van der Waals surface area contributed by atoms with Crippen molar-refractivity contribution in [3.05, 3.63) is 24.3 Å². The predicted molar refractivity (Wildman–Crippen MR) is 325 cm³/mol. The van der Waals surface area contributed by atoms with Gasteiger partial charge >= 0.3 is 0 Å². The lowest BCUT2D eigenvalue weighted by Crippen LogP contribution is -2.53. The Morgan fingerprint density at radius 3 is 0.851 bits per heavy atom. The summed E-state index contributed by atoms with van der Waals surface area (Å²) >= 11 is 0. The number of nitrogens with one attached hydrogen (secondary N) is 1. The van der Waals surface area contributed by atoms with Gasteiger partial charge in [0.2, 0.25) is 5.91 Å². The van der Waals surface area contributed by atoms with Crippen LogP contribution in [0.1, 0.15) is 373 Å². The zero-order valence-corrected chi connectivity index (χ0v) is 50.1. The summed E-state index contributed by atoms with van der Waals surface area (Å²) in [4.78, 5) is 12.6. The summed E-state index contributed by atoms with van der Waals surface area (Å²) in [6.45, 7) is 4.09. The lowest BCUT2D eigenvalue weighted by Gasteiger charge is -2.27. The molecule has 0 saturated carbocycles. The number of aliphatic hydroxyl groups is 4. The monoisotopic (exact) mass is 1040 g/mol. The average Bonchev–Trinajstić information content (AvgIpc) is 3.41. The van der Waals surface area contributed by atoms with Crippen molar-refractivity contribution in [1.29, 1.82) is 0 Å². The molecule has 4 unspecified atom stereocenters. The van der Waals surface area contributed by atoms with E-state index in [9.17, 15) is 25.2 Å². The molecule has 0 radical (unpaired) electrons. The van der Waals surface area contributed by atoms with E-state index in [0.717, 1.165) is 38.5 Å². The molecular formula is C68H133NO5. The van der Waals surface area contributed by atoms with Crippen molar-refractivity contribution in [2.45, 2.75) is 398 Å². The van der Waals surface area contributed by atoms with Crippen LogP contribution in [0.3, 0.4) is 0 Å². The summed E-state index contributed by atoms with van der Waals surface area (Å²) < 4.78 is 0. The molecule has 0 aromatic carbocycles. The van der Waals surface area contributed by atoms with Gasteiger partial charge in [-0.15, -0.1) is 0 Å². The Hall–Kier alpha value is -1.21. The lowest BCUT2D eigenvalue weighted by molar-refractivity contribution is -0.132. The van der Waals surface area contributed by atoms with E-state index in [-0.39, 0.29) is 0 Å². The maximum atomic E-state index is 12.6. The maximum Gasteiger partial charge on any atom is 0.249 e. The van der Waals surface area contributed by atoms with Crippen molar-refractivity contribution >= 4 is 5.91 Å². The number of amides is 1. The molecule has 440 valence electrons. The molecule has 0 aliphatic rings. The van der Waals surface area contributed by atoms with Gasteiger partial charge in [0.05, 0.1) is 18.8 Å². The number of hydrogen-bond donors (Lipinski definition) is 5. The van der Waals surface area contributed by atoms with Crippen LogP contribution >= 0.6 is 0 Å². The second-order valence-electron chi connectivity index (χ2n) is 23.5. The third-order valence-electron chi connectivity index (χ3n) is 16.1. The van der Waals surface area contributed by atoms with E-state index in [0.29, 0.717) is 19.3 Å². The van der Waals surface area contributed by atoms with Crippen LogP contribution in [0, 0.1) is 0 Å². The van der Waals surface area contributed by atoms with Crippen LogP contribution in [0.4, 0.5) is 0 Å². The van der Waals surface area contributed by atoms with Crippen molar-refractivity contribution in [3.63, 3.8) is 0 Å². The molecule has 0 saturated heterocycles. The highest BCUT2D eigenvalue weighted by atomic mass is 16.3. The summed E-state index contributed by atoms with van der Waals surface area (Å²) in [6.07, 6.45) is 78.8. The first-order valence-corrected chi connectivity index (χ1v) is 33.7. The first-order valence-electron chi connectivity index (χ1n) is 33.7. The molecule has 0 heterocycles. The Bertz CT molecular complexity index is 1130. The number of carbonyl (C=O) groups excluding carboxylic acids is 1. The number of hydrogen-bond acceptors (Lipinski definition) is 5. The minimum absolute atomic E-state index is 0.365. The molecule has 74 heavy (non-hydrogen) atoms. The molecule has 4 atom stereocenters. The van der Waals surface area contributed by atoms with Gasteiger partial charge < -0.3 is 25.7 Å². The van der Waals surface area contributed by atoms with Crippen LogP contribution in [0.15, 0.2) is 24.3 Å². The third-order valence-corrected chi connectivity index (χ3v) is 16.1. The van der Waals surface area contributed by atoms with Crippen LogP contribution in [-0.4, -0.2) is 57.3 Å². The van der Waals surface area contributed by atoms with Crippen molar-refractivity contribution in [1.82, 2.24) is 5.32 Å². The number of carbonyl (C=O) groups is 1. The van der Waals surface area contributed by atoms with E-state index in [1.165, 1.54) is 302 Å². The maximum absolute atomic E-state index is 12.6. The van der Waals surface area contributed by atoms with E-state index in [1.54, 1.807) is 0 Å². The Labute approximate surface area is 463 Å². The van der Waals surface area contributed by atoms with E-state index in [4.69, 9.17) is 0 Å². The van der Waals surface area contributed by atoms with Crippen molar-refractivity contribution in [3.8, 4) is 0 Å². The second-order valence-corrected chi connectivity index (χ2v) is 23.5. The molecule has 0 aromatic heterocycles. The highest BCUT2D eigenvalue weighted by Gasteiger charge is 2.28. The molecule has 0 aromatic rings. The highest BCUT2D eigenvalue weighted by molar-refractivity contribution is 5.80.